The number of hydrogen-bond donors (Lipinski definition) is 1. The van der Waals surface area contributed by atoms with E-state index in [0.29, 0.717) is 5.82 Å². The number of hydrogen-bond acceptors (Lipinski definition) is 3. The summed E-state index contributed by atoms with van der Waals surface area (Å²) in [6.07, 6.45) is -4.30. The van der Waals surface area contributed by atoms with Crippen LogP contribution in [0, 0.1) is 6.92 Å². The first kappa shape index (κ1) is 9.97. The normalized spacial score (nSPS) is 12.0. The Labute approximate surface area is 72.1 Å². The van der Waals surface area contributed by atoms with Gasteiger partial charge in [-0.25, -0.2) is 4.98 Å². The second kappa shape index (κ2) is 3.73. The van der Waals surface area contributed by atoms with Crippen LogP contribution in [0.2, 0.25) is 0 Å². The van der Waals surface area contributed by atoms with Gasteiger partial charge in [-0.05, 0) is 6.92 Å². The molecule has 7 heteroatoms. The van der Waals surface area contributed by atoms with Gasteiger partial charge < -0.3 is 4.74 Å². The fourth-order valence-corrected chi connectivity index (χ4v) is 0.712. The Hall–Kier alpha value is -1.11. The minimum absolute atomic E-state index is 0.224. The molecule has 0 aliphatic rings. The summed E-state index contributed by atoms with van der Waals surface area (Å²) in [6.45, 7) is 0.144. The van der Waals surface area contributed by atoms with E-state index in [0.717, 1.165) is 0 Å². The fourth-order valence-electron chi connectivity index (χ4n) is 0.712. The van der Waals surface area contributed by atoms with Gasteiger partial charge >= 0.3 is 6.18 Å². The smallest absolute Gasteiger partial charge is 0.364 e. The Morgan fingerprint density at radius 2 is 2.15 bits per heavy atom. The van der Waals surface area contributed by atoms with E-state index in [2.05, 4.69) is 19.9 Å². The van der Waals surface area contributed by atoms with Gasteiger partial charge in [0.25, 0.3) is 0 Å². The van der Waals surface area contributed by atoms with Crippen LogP contribution in [0.5, 0.6) is 0 Å². The van der Waals surface area contributed by atoms with Gasteiger partial charge in [0.05, 0.1) is 0 Å². The minimum Gasteiger partial charge on any atom is -0.364 e. The highest BCUT2D eigenvalue weighted by Gasteiger charge is 2.27. The summed E-state index contributed by atoms with van der Waals surface area (Å²) < 4.78 is 39.1. The maximum atomic E-state index is 11.6. The topological polar surface area (TPSA) is 50.8 Å². The Kier molecular flexibility index (Phi) is 2.86. The third-order valence-corrected chi connectivity index (χ3v) is 1.14. The van der Waals surface area contributed by atoms with Crippen LogP contribution in [0.25, 0.3) is 0 Å². The van der Waals surface area contributed by atoms with Gasteiger partial charge in [-0.1, -0.05) is 0 Å². The standard InChI is InChI=1S/C6H8F3N3O/c1-4-10-5(12-11-4)2-13-3-6(7,8)9/h2-3H2,1H3,(H,10,11,12). The largest absolute Gasteiger partial charge is 0.411 e. The van der Waals surface area contributed by atoms with Gasteiger partial charge in [0.15, 0.2) is 5.82 Å². The van der Waals surface area contributed by atoms with Gasteiger partial charge in [-0.15, -0.1) is 0 Å². The first-order valence-corrected chi connectivity index (χ1v) is 3.50. The molecule has 1 rings (SSSR count). The molecule has 0 amide bonds. The van der Waals surface area contributed by atoms with E-state index in [1.54, 1.807) is 6.92 Å². The molecule has 0 aliphatic heterocycles. The van der Waals surface area contributed by atoms with E-state index in [-0.39, 0.29) is 12.4 Å². The molecule has 0 atom stereocenters. The Balaban J connectivity index is 2.28. The number of aryl methyl sites for hydroxylation is 1. The lowest BCUT2D eigenvalue weighted by molar-refractivity contribution is -0.177. The van der Waals surface area contributed by atoms with Crippen LogP contribution in [0.4, 0.5) is 13.2 Å². The lowest BCUT2D eigenvalue weighted by Crippen LogP contribution is -2.16. The number of aromatic amines is 1. The zero-order chi connectivity index (χ0) is 9.90. The maximum Gasteiger partial charge on any atom is 0.411 e. The summed E-state index contributed by atoms with van der Waals surface area (Å²) in [5.74, 6) is 0.771. The SMILES string of the molecule is Cc1nc(COCC(F)(F)F)n[nH]1. The van der Waals surface area contributed by atoms with Crippen LogP contribution < -0.4 is 0 Å². The van der Waals surface area contributed by atoms with Gasteiger partial charge in [-0.3, -0.25) is 5.10 Å². The molecule has 0 unspecified atom stereocenters. The molecule has 13 heavy (non-hydrogen) atoms. The van der Waals surface area contributed by atoms with Crippen molar-refractivity contribution in [2.45, 2.75) is 19.7 Å². The molecule has 1 heterocycles. The first-order valence-electron chi connectivity index (χ1n) is 3.50. The van der Waals surface area contributed by atoms with Crippen molar-refractivity contribution in [2.75, 3.05) is 6.61 Å². The van der Waals surface area contributed by atoms with Gasteiger partial charge in [0.2, 0.25) is 0 Å². The van der Waals surface area contributed by atoms with Gasteiger partial charge in [-0.2, -0.15) is 18.3 Å². The van der Waals surface area contributed by atoms with Crippen molar-refractivity contribution in [3.05, 3.63) is 11.6 Å². The summed E-state index contributed by atoms with van der Waals surface area (Å²) in [5.41, 5.74) is 0. The van der Waals surface area contributed by atoms with E-state index in [4.69, 9.17) is 0 Å². The van der Waals surface area contributed by atoms with E-state index in [1.165, 1.54) is 0 Å². The lowest BCUT2D eigenvalue weighted by atomic mass is 10.6. The molecule has 1 aromatic heterocycles. The van der Waals surface area contributed by atoms with E-state index < -0.39 is 12.8 Å². The van der Waals surface area contributed by atoms with Crippen LogP contribution in [-0.4, -0.2) is 28.0 Å². The summed E-state index contributed by atoms with van der Waals surface area (Å²) in [6, 6.07) is 0. The number of nitrogens with one attached hydrogen (secondary N) is 1. The summed E-state index contributed by atoms with van der Waals surface area (Å²) in [4.78, 5) is 3.77. The van der Waals surface area contributed by atoms with Gasteiger partial charge in [0.1, 0.15) is 19.0 Å². The summed E-state index contributed by atoms with van der Waals surface area (Å²) >= 11 is 0. The average molecular weight is 195 g/mol. The Morgan fingerprint density at radius 1 is 1.46 bits per heavy atom. The van der Waals surface area contributed by atoms with Crippen molar-refractivity contribution in [3.8, 4) is 0 Å². The van der Waals surface area contributed by atoms with Crippen molar-refractivity contribution < 1.29 is 17.9 Å². The quantitative estimate of drug-likeness (QED) is 0.788. The number of rotatable bonds is 3. The van der Waals surface area contributed by atoms with Crippen LogP contribution in [0.3, 0.4) is 0 Å². The van der Waals surface area contributed by atoms with Crippen molar-refractivity contribution >= 4 is 0 Å². The van der Waals surface area contributed by atoms with Crippen molar-refractivity contribution in [1.82, 2.24) is 15.2 Å². The van der Waals surface area contributed by atoms with Crippen LogP contribution >= 0.6 is 0 Å². The number of alkyl halides is 3. The maximum absolute atomic E-state index is 11.6. The number of halogens is 3. The fraction of sp³-hybridized carbons (Fsp3) is 0.667. The van der Waals surface area contributed by atoms with Crippen molar-refractivity contribution in [2.24, 2.45) is 0 Å². The highest BCUT2D eigenvalue weighted by Crippen LogP contribution is 2.14. The van der Waals surface area contributed by atoms with E-state index >= 15 is 0 Å². The molecule has 1 aromatic rings. The molecule has 74 valence electrons. The Bertz CT molecular complexity index is 270. The lowest BCUT2D eigenvalue weighted by Gasteiger charge is -2.04. The monoisotopic (exact) mass is 195 g/mol. The number of H-pyrrole nitrogens is 1. The molecule has 0 saturated heterocycles. The van der Waals surface area contributed by atoms with Crippen LogP contribution in [-0.2, 0) is 11.3 Å². The number of nitrogens with zero attached hydrogens (tertiary/aromatic N) is 2. The minimum atomic E-state index is -4.30. The molecule has 0 aromatic carbocycles. The average Bonchev–Trinajstić information content (AvgIpc) is 2.33. The molecule has 0 aliphatic carbocycles. The Morgan fingerprint density at radius 3 is 2.62 bits per heavy atom. The molecule has 0 radical (unpaired) electrons. The third kappa shape index (κ3) is 3.88. The summed E-state index contributed by atoms with van der Waals surface area (Å²) in [5, 5.41) is 6.10. The zero-order valence-corrected chi connectivity index (χ0v) is 6.85. The highest BCUT2D eigenvalue weighted by atomic mass is 19.4. The molecule has 4 nitrogen and oxygen atoms in total. The molecule has 0 spiro atoms. The predicted molar refractivity (Wildman–Crippen MR) is 36.8 cm³/mol. The van der Waals surface area contributed by atoms with Crippen molar-refractivity contribution in [1.29, 1.82) is 0 Å². The molecule has 0 bridgehead atoms. The zero-order valence-electron chi connectivity index (χ0n) is 6.85. The molecule has 0 fully saturated rings. The van der Waals surface area contributed by atoms with E-state index in [9.17, 15) is 13.2 Å². The summed E-state index contributed by atoms with van der Waals surface area (Å²) in [7, 11) is 0. The van der Waals surface area contributed by atoms with Crippen LogP contribution in [0.1, 0.15) is 11.6 Å². The van der Waals surface area contributed by atoms with Crippen molar-refractivity contribution in [3.63, 3.8) is 0 Å². The van der Waals surface area contributed by atoms with Crippen LogP contribution in [0.15, 0.2) is 0 Å². The predicted octanol–water partition coefficient (Wildman–Crippen LogP) is 1.19. The van der Waals surface area contributed by atoms with E-state index in [1.807, 2.05) is 0 Å². The second-order valence-corrected chi connectivity index (χ2v) is 2.45. The molecule has 0 saturated carbocycles. The number of aromatic nitrogens is 3. The highest BCUT2D eigenvalue weighted by molar-refractivity contribution is 4.84. The molecular weight excluding hydrogens is 187 g/mol. The molecule has 1 N–H and O–H groups in total. The first-order chi connectivity index (χ1) is 5.97. The molecular formula is C6H8F3N3O. The third-order valence-electron chi connectivity index (χ3n) is 1.14. The number of ether oxygens (including phenoxy) is 1. The van der Waals surface area contributed by atoms with Gasteiger partial charge in [0, 0.05) is 0 Å². The second-order valence-electron chi connectivity index (χ2n) is 2.45.